The average Bonchev–Trinajstić information content (AvgIpc) is 2.83. The molecule has 4 heteroatoms. The summed E-state index contributed by atoms with van der Waals surface area (Å²) in [6.45, 7) is 3.22. The summed E-state index contributed by atoms with van der Waals surface area (Å²) < 4.78 is 0. The molecule has 124 valence electrons. The predicted octanol–water partition coefficient (Wildman–Crippen LogP) is 3.26. The molecule has 2 atom stereocenters. The first-order valence-corrected chi connectivity index (χ1v) is 8.75. The van der Waals surface area contributed by atoms with Gasteiger partial charge in [-0.05, 0) is 43.5 Å². The molecule has 23 heavy (non-hydrogen) atoms. The molecule has 4 nitrogen and oxygen atoms in total. The van der Waals surface area contributed by atoms with E-state index in [0.717, 1.165) is 30.6 Å². The summed E-state index contributed by atoms with van der Waals surface area (Å²) in [5.41, 5.74) is 1.88. The number of unbranched alkanes of at least 4 members (excludes halogenated alkanes) is 1. The fourth-order valence-corrected chi connectivity index (χ4v) is 3.83. The van der Waals surface area contributed by atoms with Crippen LogP contribution in [0, 0.1) is 0 Å². The van der Waals surface area contributed by atoms with Crippen molar-refractivity contribution in [2.45, 2.75) is 57.5 Å². The van der Waals surface area contributed by atoms with Crippen molar-refractivity contribution >= 4 is 17.4 Å². The topological polar surface area (TPSA) is 40.6 Å². The van der Waals surface area contributed by atoms with Crippen molar-refractivity contribution in [1.82, 2.24) is 4.90 Å². The molecule has 0 spiro atoms. The number of Topliss-reactive ketones (excluding diaryl/α,β-unsaturated/α-hetero) is 1. The number of carbonyl (C=O) groups excluding carboxylic acids is 2. The van der Waals surface area contributed by atoms with Gasteiger partial charge in [-0.2, -0.15) is 0 Å². The molecule has 2 bridgehead atoms. The SMILES string of the molecule is CCCCN(C)c1ccc(C(=O)N2[C@H]3CC[C@H]2CC(=O)C3)cc1. The second kappa shape index (κ2) is 6.73. The summed E-state index contributed by atoms with van der Waals surface area (Å²) in [5.74, 6) is 0.405. The van der Waals surface area contributed by atoms with Crippen LogP contribution in [0.1, 0.15) is 55.8 Å². The van der Waals surface area contributed by atoms with Crippen molar-refractivity contribution in [3.63, 3.8) is 0 Å². The Morgan fingerprint density at radius 3 is 2.35 bits per heavy atom. The summed E-state index contributed by atoms with van der Waals surface area (Å²) in [4.78, 5) is 28.7. The first-order chi connectivity index (χ1) is 11.1. The largest absolute Gasteiger partial charge is 0.375 e. The van der Waals surface area contributed by atoms with E-state index in [2.05, 4.69) is 18.9 Å². The van der Waals surface area contributed by atoms with Gasteiger partial charge in [-0.25, -0.2) is 0 Å². The maximum absolute atomic E-state index is 12.8. The number of rotatable bonds is 5. The lowest BCUT2D eigenvalue weighted by atomic mass is 10.00. The lowest BCUT2D eigenvalue weighted by Gasteiger charge is -2.34. The standard InChI is InChI=1S/C19H26N2O2/c1-3-4-11-20(2)15-7-5-14(6-8-15)19(23)21-16-9-10-17(21)13-18(22)12-16/h5-8,16-17H,3-4,9-13H2,1-2H3/t16-,17-/m0/s1. The van der Waals surface area contributed by atoms with E-state index in [-0.39, 0.29) is 18.0 Å². The number of nitrogens with zero attached hydrogens (tertiary/aromatic N) is 2. The van der Waals surface area contributed by atoms with Gasteiger partial charge < -0.3 is 9.80 Å². The zero-order valence-electron chi connectivity index (χ0n) is 14.1. The average molecular weight is 314 g/mol. The van der Waals surface area contributed by atoms with Crippen LogP contribution in [0.15, 0.2) is 24.3 Å². The Bertz CT molecular complexity index is 566. The molecular weight excluding hydrogens is 288 g/mol. The molecule has 0 radical (unpaired) electrons. The summed E-state index contributed by atoms with van der Waals surface area (Å²) in [5, 5.41) is 0. The highest BCUT2D eigenvalue weighted by atomic mass is 16.2. The quantitative estimate of drug-likeness (QED) is 0.837. The van der Waals surface area contributed by atoms with Gasteiger partial charge in [-0.15, -0.1) is 0 Å². The third-order valence-corrected chi connectivity index (χ3v) is 5.18. The zero-order chi connectivity index (χ0) is 16.4. The Labute approximate surface area is 138 Å². The molecule has 2 heterocycles. The Hall–Kier alpha value is -1.84. The van der Waals surface area contributed by atoms with Crippen LogP contribution in [0.2, 0.25) is 0 Å². The molecule has 2 fully saturated rings. The Kier molecular flexibility index (Phi) is 4.69. The first-order valence-electron chi connectivity index (χ1n) is 8.75. The van der Waals surface area contributed by atoms with Crippen molar-refractivity contribution in [2.24, 2.45) is 0 Å². The third-order valence-electron chi connectivity index (χ3n) is 5.18. The van der Waals surface area contributed by atoms with E-state index in [0.29, 0.717) is 18.6 Å². The van der Waals surface area contributed by atoms with Crippen LogP contribution < -0.4 is 4.90 Å². The van der Waals surface area contributed by atoms with Gasteiger partial charge in [0, 0.05) is 49.8 Å². The number of amides is 1. The van der Waals surface area contributed by atoms with Gasteiger partial charge in [0.15, 0.2) is 0 Å². The van der Waals surface area contributed by atoms with E-state index in [9.17, 15) is 9.59 Å². The monoisotopic (exact) mass is 314 g/mol. The van der Waals surface area contributed by atoms with Crippen molar-refractivity contribution in [3.8, 4) is 0 Å². The van der Waals surface area contributed by atoms with Gasteiger partial charge in [0.05, 0.1) is 0 Å². The van der Waals surface area contributed by atoms with Crippen molar-refractivity contribution < 1.29 is 9.59 Å². The second-order valence-electron chi connectivity index (χ2n) is 6.87. The highest BCUT2D eigenvalue weighted by molar-refractivity contribution is 5.96. The number of benzene rings is 1. The highest BCUT2D eigenvalue weighted by Gasteiger charge is 2.42. The fraction of sp³-hybridized carbons (Fsp3) is 0.579. The Morgan fingerprint density at radius 2 is 1.78 bits per heavy atom. The van der Waals surface area contributed by atoms with Crippen LogP contribution in [-0.4, -0.2) is 42.3 Å². The van der Waals surface area contributed by atoms with E-state index >= 15 is 0 Å². The van der Waals surface area contributed by atoms with E-state index in [4.69, 9.17) is 0 Å². The minimum absolute atomic E-state index is 0.0905. The predicted molar refractivity (Wildman–Crippen MR) is 91.8 cm³/mol. The number of piperidine rings is 1. The molecular formula is C19H26N2O2. The number of hydrogen-bond donors (Lipinski definition) is 0. The molecule has 0 unspecified atom stereocenters. The molecule has 2 aliphatic rings. The Balaban J connectivity index is 1.70. The highest BCUT2D eigenvalue weighted by Crippen LogP contribution is 2.35. The van der Waals surface area contributed by atoms with E-state index in [1.54, 1.807) is 0 Å². The molecule has 0 saturated carbocycles. The maximum atomic E-state index is 12.8. The van der Waals surface area contributed by atoms with Crippen molar-refractivity contribution in [1.29, 1.82) is 0 Å². The van der Waals surface area contributed by atoms with Crippen LogP contribution >= 0.6 is 0 Å². The van der Waals surface area contributed by atoms with Gasteiger partial charge in [-0.3, -0.25) is 9.59 Å². The number of hydrogen-bond acceptors (Lipinski definition) is 3. The zero-order valence-corrected chi connectivity index (χ0v) is 14.1. The normalized spacial score (nSPS) is 23.2. The van der Waals surface area contributed by atoms with E-state index in [1.807, 2.05) is 29.2 Å². The molecule has 0 aromatic heterocycles. The van der Waals surface area contributed by atoms with Crippen molar-refractivity contribution in [3.05, 3.63) is 29.8 Å². The van der Waals surface area contributed by atoms with E-state index in [1.165, 1.54) is 12.8 Å². The lowest BCUT2D eigenvalue weighted by Crippen LogP contribution is -2.46. The number of anilines is 1. The van der Waals surface area contributed by atoms with Gasteiger partial charge >= 0.3 is 0 Å². The third kappa shape index (κ3) is 3.26. The van der Waals surface area contributed by atoms with Crippen LogP contribution in [0.3, 0.4) is 0 Å². The summed E-state index contributed by atoms with van der Waals surface area (Å²) in [7, 11) is 2.09. The summed E-state index contributed by atoms with van der Waals surface area (Å²) in [6, 6.07) is 8.16. The van der Waals surface area contributed by atoms with Crippen LogP contribution in [0.25, 0.3) is 0 Å². The first kappa shape index (κ1) is 16.0. The van der Waals surface area contributed by atoms with Crippen LogP contribution in [-0.2, 0) is 4.79 Å². The minimum Gasteiger partial charge on any atom is -0.375 e. The lowest BCUT2D eigenvalue weighted by molar-refractivity contribution is -0.122. The van der Waals surface area contributed by atoms with Gasteiger partial charge in [-0.1, -0.05) is 13.3 Å². The minimum atomic E-state index is 0.0905. The molecule has 0 aliphatic carbocycles. The summed E-state index contributed by atoms with van der Waals surface area (Å²) >= 11 is 0. The van der Waals surface area contributed by atoms with Gasteiger partial charge in [0.25, 0.3) is 5.91 Å². The van der Waals surface area contributed by atoms with Gasteiger partial charge in [0.1, 0.15) is 5.78 Å². The number of fused-ring (bicyclic) bond motifs is 2. The molecule has 0 N–H and O–H groups in total. The van der Waals surface area contributed by atoms with Crippen molar-refractivity contribution in [2.75, 3.05) is 18.5 Å². The fourth-order valence-electron chi connectivity index (χ4n) is 3.83. The second-order valence-corrected chi connectivity index (χ2v) is 6.87. The molecule has 3 rings (SSSR count). The number of carbonyl (C=O) groups is 2. The molecule has 2 aliphatic heterocycles. The van der Waals surface area contributed by atoms with Gasteiger partial charge in [0.2, 0.25) is 0 Å². The van der Waals surface area contributed by atoms with Crippen LogP contribution in [0.4, 0.5) is 5.69 Å². The van der Waals surface area contributed by atoms with Crippen LogP contribution in [0.5, 0.6) is 0 Å². The molecule has 1 aromatic carbocycles. The smallest absolute Gasteiger partial charge is 0.254 e. The maximum Gasteiger partial charge on any atom is 0.254 e. The summed E-state index contributed by atoms with van der Waals surface area (Å²) in [6.07, 6.45) is 5.37. The molecule has 1 aromatic rings. The molecule has 1 amide bonds. The number of ketones is 1. The van der Waals surface area contributed by atoms with E-state index < -0.39 is 0 Å². The molecule has 2 saturated heterocycles. The Morgan fingerprint density at radius 1 is 1.17 bits per heavy atom.